The van der Waals surface area contributed by atoms with Gasteiger partial charge in [-0.1, -0.05) is 39.8 Å². The second-order valence-electron chi connectivity index (χ2n) is 5.74. The molecule has 0 fully saturated rings. The first-order valence-corrected chi connectivity index (χ1v) is 6.91. The molecule has 5 nitrogen and oxygen atoms in total. The van der Waals surface area contributed by atoms with Crippen LogP contribution < -0.4 is 5.32 Å². The summed E-state index contributed by atoms with van der Waals surface area (Å²) in [5.74, 6) is 1.24. The minimum atomic E-state index is -0.113. The molecule has 0 saturated carbocycles. The molecule has 1 aromatic heterocycles. The van der Waals surface area contributed by atoms with Gasteiger partial charge in [0, 0.05) is 24.6 Å². The Hall–Kier alpha value is -1.52. The third kappa shape index (κ3) is 4.58. The molecule has 1 aromatic rings. The highest BCUT2D eigenvalue weighted by molar-refractivity contribution is 5.88. The van der Waals surface area contributed by atoms with Gasteiger partial charge in [0.05, 0.1) is 0 Å². The molecule has 0 radical (unpaired) electrons. The monoisotopic (exact) mass is 267 g/mol. The van der Waals surface area contributed by atoms with Crippen LogP contribution in [0, 0.1) is 0 Å². The van der Waals surface area contributed by atoms with Crippen LogP contribution in [-0.2, 0) is 5.41 Å². The Labute approximate surface area is 115 Å². The van der Waals surface area contributed by atoms with Crippen molar-refractivity contribution in [3.63, 3.8) is 0 Å². The third-order valence-electron chi connectivity index (χ3n) is 2.76. The number of hydrogen-bond donors (Lipinski definition) is 1. The number of amides is 2. The summed E-state index contributed by atoms with van der Waals surface area (Å²) < 4.78 is 5.25. The smallest absolute Gasteiger partial charge is 0.323 e. The number of urea groups is 1. The van der Waals surface area contributed by atoms with Crippen LogP contribution in [0.2, 0.25) is 0 Å². The number of rotatable bonds is 5. The SMILES string of the molecule is CCCN(CCC)C(=O)Nc1cc(C(C)(C)C)on1. The molecule has 1 N–H and O–H groups in total. The lowest BCUT2D eigenvalue weighted by molar-refractivity contribution is 0.211. The lowest BCUT2D eigenvalue weighted by Crippen LogP contribution is -2.36. The molecule has 0 aliphatic rings. The fourth-order valence-electron chi connectivity index (χ4n) is 1.73. The van der Waals surface area contributed by atoms with Gasteiger partial charge in [0.25, 0.3) is 0 Å². The van der Waals surface area contributed by atoms with Crippen molar-refractivity contribution in [2.24, 2.45) is 0 Å². The molecular weight excluding hydrogens is 242 g/mol. The summed E-state index contributed by atoms with van der Waals surface area (Å²) in [6.45, 7) is 11.7. The summed E-state index contributed by atoms with van der Waals surface area (Å²) in [5.41, 5.74) is -0.109. The fourth-order valence-corrected chi connectivity index (χ4v) is 1.73. The van der Waals surface area contributed by atoms with E-state index in [9.17, 15) is 4.79 Å². The van der Waals surface area contributed by atoms with E-state index in [2.05, 4.69) is 24.3 Å². The largest absolute Gasteiger partial charge is 0.359 e. The van der Waals surface area contributed by atoms with Crippen LogP contribution in [-0.4, -0.2) is 29.2 Å². The number of nitrogens with zero attached hydrogens (tertiary/aromatic N) is 2. The van der Waals surface area contributed by atoms with Crippen LogP contribution in [0.5, 0.6) is 0 Å². The van der Waals surface area contributed by atoms with E-state index in [-0.39, 0.29) is 11.4 Å². The van der Waals surface area contributed by atoms with E-state index in [0.717, 1.165) is 31.7 Å². The van der Waals surface area contributed by atoms with Crippen molar-refractivity contribution in [3.8, 4) is 0 Å². The van der Waals surface area contributed by atoms with Crippen molar-refractivity contribution in [3.05, 3.63) is 11.8 Å². The van der Waals surface area contributed by atoms with Crippen molar-refractivity contribution in [1.82, 2.24) is 10.1 Å². The standard InChI is InChI=1S/C14H25N3O2/c1-6-8-17(9-7-2)13(18)15-12-10-11(19-16-12)14(3,4)5/h10H,6-9H2,1-5H3,(H,15,16,18). The van der Waals surface area contributed by atoms with Gasteiger partial charge in [0.1, 0.15) is 5.76 Å². The average molecular weight is 267 g/mol. The lowest BCUT2D eigenvalue weighted by Gasteiger charge is -2.20. The summed E-state index contributed by atoms with van der Waals surface area (Å²) in [4.78, 5) is 13.9. The molecule has 19 heavy (non-hydrogen) atoms. The van der Waals surface area contributed by atoms with Crippen molar-refractivity contribution in [2.75, 3.05) is 18.4 Å². The lowest BCUT2D eigenvalue weighted by atomic mass is 9.93. The van der Waals surface area contributed by atoms with Gasteiger partial charge in [-0.2, -0.15) is 0 Å². The molecule has 1 rings (SSSR count). The van der Waals surface area contributed by atoms with E-state index >= 15 is 0 Å². The van der Waals surface area contributed by atoms with Gasteiger partial charge in [-0.15, -0.1) is 0 Å². The predicted octanol–water partition coefficient (Wildman–Crippen LogP) is 3.63. The van der Waals surface area contributed by atoms with Crippen molar-refractivity contribution in [2.45, 2.75) is 52.9 Å². The van der Waals surface area contributed by atoms with E-state index in [1.165, 1.54) is 0 Å². The van der Waals surface area contributed by atoms with Gasteiger partial charge in [-0.05, 0) is 12.8 Å². The van der Waals surface area contributed by atoms with Gasteiger partial charge in [-0.25, -0.2) is 4.79 Å². The van der Waals surface area contributed by atoms with Crippen LogP contribution in [0.15, 0.2) is 10.6 Å². The fraction of sp³-hybridized carbons (Fsp3) is 0.714. The molecule has 108 valence electrons. The first-order valence-electron chi connectivity index (χ1n) is 6.91. The molecule has 0 atom stereocenters. The maximum Gasteiger partial charge on any atom is 0.323 e. The van der Waals surface area contributed by atoms with E-state index in [1.54, 1.807) is 11.0 Å². The Morgan fingerprint density at radius 1 is 1.32 bits per heavy atom. The Balaban J connectivity index is 2.67. The zero-order valence-corrected chi connectivity index (χ0v) is 12.6. The van der Waals surface area contributed by atoms with E-state index in [4.69, 9.17) is 4.52 Å². The van der Waals surface area contributed by atoms with Crippen LogP contribution in [0.3, 0.4) is 0 Å². The molecular formula is C14H25N3O2. The zero-order valence-electron chi connectivity index (χ0n) is 12.6. The van der Waals surface area contributed by atoms with Crippen molar-refractivity contribution < 1.29 is 9.32 Å². The topological polar surface area (TPSA) is 58.4 Å². The Bertz CT molecular complexity index is 401. The van der Waals surface area contributed by atoms with E-state index < -0.39 is 0 Å². The predicted molar refractivity (Wildman–Crippen MR) is 76.4 cm³/mol. The van der Waals surface area contributed by atoms with Gasteiger partial charge < -0.3 is 9.42 Å². The average Bonchev–Trinajstić information content (AvgIpc) is 2.77. The minimum absolute atomic E-state index is 0.109. The quantitative estimate of drug-likeness (QED) is 0.886. The first-order chi connectivity index (χ1) is 8.88. The highest BCUT2D eigenvalue weighted by Crippen LogP contribution is 2.24. The molecule has 0 spiro atoms. The molecule has 0 aliphatic carbocycles. The molecule has 0 unspecified atom stereocenters. The summed E-state index contributed by atoms with van der Waals surface area (Å²) >= 11 is 0. The number of nitrogens with one attached hydrogen (secondary N) is 1. The second-order valence-corrected chi connectivity index (χ2v) is 5.74. The molecule has 0 aromatic carbocycles. The molecule has 2 amide bonds. The van der Waals surface area contributed by atoms with Crippen LogP contribution in [0.25, 0.3) is 0 Å². The maximum absolute atomic E-state index is 12.1. The van der Waals surface area contributed by atoms with Crippen LogP contribution in [0.1, 0.15) is 53.2 Å². The maximum atomic E-state index is 12.1. The number of aromatic nitrogens is 1. The highest BCUT2D eigenvalue weighted by atomic mass is 16.5. The molecule has 0 bridgehead atoms. The Kier molecular flexibility index (Phi) is 5.39. The molecule has 1 heterocycles. The van der Waals surface area contributed by atoms with Crippen LogP contribution >= 0.6 is 0 Å². The molecule has 5 heteroatoms. The third-order valence-corrected chi connectivity index (χ3v) is 2.76. The van der Waals surface area contributed by atoms with Crippen molar-refractivity contribution >= 4 is 11.8 Å². The van der Waals surface area contributed by atoms with Gasteiger partial charge >= 0.3 is 6.03 Å². The zero-order chi connectivity index (χ0) is 14.5. The van der Waals surface area contributed by atoms with Gasteiger partial charge in [0.15, 0.2) is 5.82 Å². The van der Waals surface area contributed by atoms with Gasteiger partial charge in [0.2, 0.25) is 0 Å². The van der Waals surface area contributed by atoms with E-state index in [0.29, 0.717) is 5.82 Å². The summed E-state index contributed by atoms with van der Waals surface area (Å²) in [7, 11) is 0. The van der Waals surface area contributed by atoms with Gasteiger partial charge in [-0.3, -0.25) is 5.32 Å². The number of carbonyl (C=O) groups excluding carboxylic acids is 1. The molecule has 0 aliphatic heterocycles. The molecule has 0 saturated heterocycles. The summed E-state index contributed by atoms with van der Waals surface area (Å²) in [6, 6.07) is 1.67. The Morgan fingerprint density at radius 2 is 1.89 bits per heavy atom. The summed E-state index contributed by atoms with van der Waals surface area (Å²) in [5, 5.41) is 6.68. The second kappa shape index (κ2) is 6.59. The number of anilines is 1. The number of hydrogen-bond acceptors (Lipinski definition) is 3. The normalized spacial score (nSPS) is 11.4. The minimum Gasteiger partial charge on any atom is -0.359 e. The highest BCUT2D eigenvalue weighted by Gasteiger charge is 2.21. The number of carbonyl (C=O) groups is 1. The van der Waals surface area contributed by atoms with E-state index in [1.807, 2.05) is 20.8 Å². The Morgan fingerprint density at radius 3 is 2.32 bits per heavy atom. The van der Waals surface area contributed by atoms with Crippen LogP contribution in [0.4, 0.5) is 10.6 Å². The van der Waals surface area contributed by atoms with Crippen molar-refractivity contribution in [1.29, 1.82) is 0 Å². The summed E-state index contributed by atoms with van der Waals surface area (Å²) in [6.07, 6.45) is 1.89. The first kappa shape index (κ1) is 15.5.